The summed E-state index contributed by atoms with van der Waals surface area (Å²) in [5.41, 5.74) is 1.31. The van der Waals surface area contributed by atoms with E-state index >= 15 is 0 Å². The van der Waals surface area contributed by atoms with E-state index in [1.807, 2.05) is 0 Å². The molecule has 2 heterocycles. The maximum atomic E-state index is 9.32. The van der Waals surface area contributed by atoms with Crippen molar-refractivity contribution >= 4 is 15.9 Å². The molecule has 0 saturated heterocycles. The van der Waals surface area contributed by atoms with Gasteiger partial charge in [0, 0.05) is 12.5 Å². The van der Waals surface area contributed by atoms with E-state index < -0.39 is 0 Å². The average molecular weight is 273 g/mol. The van der Waals surface area contributed by atoms with E-state index in [1.165, 1.54) is 18.5 Å². The number of nitrogens with zero attached hydrogens (tertiary/aromatic N) is 2. The summed E-state index contributed by atoms with van der Waals surface area (Å²) in [6.45, 7) is 3.35. The van der Waals surface area contributed by atoms with E-state index in [0.717, 1.165) is 29.8 Å². The largest absolute Gasteiger partial charge is 0.396 e. The Hall–Kier alpha value is -0.350. The summed E-state index contributed by atoms with van der Waals surface area (Å²) in [5.74, 6) is 1.25. The van der Waals surface area contributed by atoms with Crippen LogP contribution in [0, 0.1) is 0 Å². The topological polar surface area (TPSA) is 38.1 Å². The quantitative estimate of drug-likeness (QED) is 0.918. The van der Waals surface area contributed by atoms with Gasteiger partial charge in [0.05, 0.1) is 12.3 Å². The molecule has 4 heteroatoms. The number of fused-ring (bicyclic) bond motifs is 1. The first-order chi connectivity index (χ1) is 7.27. The molecule has 0 fully saturated rings. The monoisotopic (exact) mass is 272 g/mol. The first-order valence-corrected chi connectivity index (χ1v) is 6.42. The molecule has 1 aromatic rings. The molecule has 0 amide bonds. The molecule has 0 radical (unpaired) electrons. The molecule has 1 N–H and O–H groups in total. The molecule has 84 valence electrons. The Morgan fingerprint density at radius 1 is 1.53 bits per heavy atom. The molecule has 0 aromatic carbocycles. The standard InChI is InChI=1S/C11H17BrN2O/c1-2-8(7-15)11-13-10(12)9-5-3-4-6-14(9)11/h8,15H,2-7H2,1H3. The molecule has 2 rings (SSSR count). The van der Waals surface area contributed by atoms with Crippen LogP contribution in [0.1, 0.15) is 43.6 Å². The Kier molecular flexibility index (Phi) is 3.46. The molecule has 0 aliphatic carbocycles. The van der Waals surface area contributed by atoms with Crippen molar-refractivity contribution in [3.05, 3.63) is 16.1 Å². The van der Waals surface area contributed by atoms with Crippen molar-refractivity contribution in [3.8, 4) is 0 Å². The van der Waals surface area contributed by atoms with Crippen LogP contribution in [-0.4, -0.2) is 21.3 Å². The second-order valence-corrected chi connectivity index (χ2v) is 4.86. The van der Waals surface area contributed by atoms with Gasteiger partial charge in [0.2, 0.25) is 0 Å². The average Bonchev–Trinajstić information content (AvgIpc) is 2.60. The molecule has 0 bridgehead atoms. The smallest absolute Gasteiger partial charge is 0.127 e. The van der Waals surface area contributed by atoms with Crippen molar-refractivity contribution in [3.63, 3.8) is 0 Å². The Bertz CT molecular complexity index is 345. The number of aliphatic hydroxyl groups is 1. The number of rotatable bonds is 3. The van der Waals surface area contributed by atoms with Gasteiger partial charge in [-0.2, -0.15) is 0 Å². The minimum absolute atomic E-state index is 0.188. The van der Waals surface area contributed by atoms with Crippen molar-refractivity contribution in [1.29, 1.82) is 0 Å². The first-order valence-electron chi connectivity index (χ1n) is 5.63. The molecule has 1 atom stereocenters. The summed E-state index contributed by atoms with van der Waals surface area (Å²) in [6, 6.07) is 0. The lowest BCUT2D eigenvalue weighted by molar-refractivity contribution is 0.253. The fourth-order valence-corrected chi connectivity index (χ4v) is 2.82. The van der Waals surface area contributed by atoms with E-state index in [-0.39, 0.29) is 12.5 Å². The predicted octanol–water partition coefficient (Wildman–Crippen LogP) is 2.47. The number of halogens is 1. The van der Waals surface area contributed by atoms with Crippen LogP contribution in [-0.2, 0) is 13.0 Å². The van der Waals surface area contributed by atoms with Gasteiger partial charge in [0.15, 0.2) is 0 Å². The summed E-state index contributed by atoms with van der Waals surface area (Å²) >= 11 is 3.52. The lowest BCUT2D eigenvalue weighted by Crippen LogP contribution is -2.16. The van der Waals surface area contributed by atoms with Crippen molar-refractivity contribution in [2.75, 3.05) is 6.61 Å². The fourth-order valence-electron chi connectivity index (χ4n) is 2.23. The van der Waals surface area contributed by atoms with Gasteiger partial charge in [-0.15, -0.1) is 0 Å². The lowest BCUT2D eigenvalue weighted by Gasteiger charge is -2.19. The van der Waals surface area contributed by atoms with Crippen LogP contribution in [0.2, 0.25) is 0 Å². The maximum Gasteiger partial charge on any atom is 0.127 e. The van der Waals surface area contributed by atoms with E-state index in [0.29, 0.717) is 0 Å². The first kappa shape index (κ1) is 11.1. The molecule has 3 nitrogen and oxygen atoms in total. The third-order valence-electron chi connectivity index (χ3n) is 3.18. The number of aliphatic hydroxyl groups excluding tert-OH is 1. The fraction of sp³-hybridized carbons (Fsp3) is 0.727. The van der Waals surface area contributed by atoms with Gasteiger partial charge in [-0.3, -0.25) is 0 Å². The van der Waals surface area contributed by atoms with Crippen LogP contribution < -0.4 is 0 Å². The third kappa shape index (κ3) is 1.97. The zero-order valence-corrected chi connectivity index (χ0v) is 10.6. The van der Waals surface area contributed by atoms with Crippen LogP contribution in [0.25, 0.3) is 0 Å². The Morgan fingerprint density at radius 2 is 2.33 bits per heavy atom. The maximum absolute atomic E-state index is 9.32. The van der Waals surface area contributed by atoms with Gasteiger partial charge in [0.25, 0.3) is 0 Å². The predicted molar refractivity (Wildman–Crippen MR) is 63.0 cm³/mol. The van der Waals surface area contributed by atoms with E-state index in [2.05, 4.69) is 32.4 Å². The van der Waals surface area contributed by atoms with Crippen molar-refractivity contribution in [1.82, 2.24) is 9.55 Å². The van der Waals surface area contributed by atoms with Gasteiger partial charge in [0.1, 0.15) is 10.4 Å². The molecular formula is C11H17BrN2O. The number of hydrogen-bond acceptors (Lipinski definition) is 2. The molecule has 1 unspecified atom stereocenters. The van der Waals surface area contributed by atoms with Gasteiger partial charge >= 0.3 is 0 Å². The molecule has 0 spiro atoms. The van der Waals surface area contributed by atoms with Crippen LogP contribution in [0.3, 0.4) is 0 Å². The zero-order chi connectivity index (χ0) is 10.8. The van der Waals surface area contributed by atoms with Crippen LogP contribution in [0.15, 0.2) is 4.60 Å². The zero-order valence-electron chi connectivity index (χ0n) is 9.04. The highest BCUT2D eigenvalue weighted by atomic mass is 79.9. The van der Waals surface area contributed by atoms with Gasteiger partial charge in [-0.25, -0.2) is 4.98 Å². The minimum Gasteiger partial charge on any atom is -0.396 e. The van der Waals surface area contributed by atoms with Gasteiger partial charge in [-0.05, 0) is 41.6 Å². The summed E-state index contributed by atoms with van der Waals surface area (Å²) in [4.78, 5) is 4.55. The molecule has 1 aliphatic heterocycles. The summed E-state index contributed by atoms with van der Waals surface area (Å²) < 4.78 is 3.27. The SMILES string of the molecule is CCC(CO)c1nc(Br)c2n1CCCC2. The normalized spacial score (nSPS) is 17.5. The lowest BCUT2D eigenvalue weighted by atomic mass is 10.1. The highest BCUT2D eigenvalue weighted by Crippen LogP contribution is 2.29. The second kappa shape index (κ2) is 4.66. The number of hydrogen-bond donors (Lipinski definition) is 1. The Balaban J connectivity index is 2.39. The summed E-state index contributed by atoms with van der Waals surface area (Å²) in [7, 11) is 0. The Morgan fingerprint density at radius 3 is 3.00 bits per heavy atom. The number of aromatic nitrogens is 2. The molecule has 1 aliphatic rings. The van der Waals surface area contributed by atoms with Crippen LogP contribution in [0.5, 0.6) is 0 Å². The van der Waals surface area contributed by atoms with Gasteiger partial charge < -0.3 is 9.67 Å². The minimum atomic E-state index is 0.188. The molecule has 15 heavy (non-hydrogen) atoms. The number of imidazole rings is 1. The molecule has 1 aromatic heterocycles. The van der Waals surface area contributed by atoms with Crippen molar-refractivity contribution in [2.45, 2.75) is 45.1 Å². The second-order valence-electron chi connectivity index (χ2n) is 4.10. The van der Waals surface area contributed by atoms with Crippen molar-refractivity contribution in [2.24, 2.45) is 0 Å². The molecular weight excluding hydrogens is 256 g/mol. The van der Waals surface area contributed by atoms with E-state index in [1.54, 1.807) is 0 Å². The summed E-state index contributed by atoms with van der Waals surface area (Å²) in [6.07, 6.45) is 4.53. The third-order valence-corrected chi connectivity index (χ3v) is 3.81. The van der Waals surface area contributed by atoms with Crippen LogP contribution >= 0.6 is 15.9 Å². The van der Waals surface area contributed by atoms with E-state index in [9.17, 15) is 5.11 Å². The molecule has 0 saturated carbocycles. The van der Waals surface area contributed by atoms with E-state index in [4.69, 9.17) is 0 Å². The van der Waals surface area contributed by atoms with Crippen LogP contribution in [0.4, 0.5) is 0 Å². The van der Waals surface area contributed by atoms with Gasteiger partial charge in [-0.1, -0.05) is 6.92 Å². The Labute approximate surface area is 98.6 Å². The highest BCUT2D eigenvalue weighted by molar-refractivity contribution is 9.10. The summed E-state index contributed by atoms with van der Waals surface area (Å²) in [5, 5.41) is 9.32. The van der Waals surface area contributed by atoms with Crippen molar-refractivity contribution < 1.29 is 5.11 Å². The highest BCUT2D eigenvalue weighted by Gasteiger charge is 2.22.